The highest BCUT2D eigenvalue weighted by Gasteiger charge is 2.13. The first-order valence-corrected chi connectivity index (χ1v) is 3.92. The van der Waals surface area contributed by atoms with Crippen molar-refractivity contribution in [3.05, 3.63) is 29.6 Å². The third-order valence-corrected chi connectivity index (χ3v) is 1.66. The molecule has 1 unspecified atom stereocenters. The van der Waals surface area contributed by atoms with Crippen molar-refractivity contribution < 1.29 is 13.2 Å². The molecule has 14 heavy (non-hydrogen) atoms. The number of benzene rings is 1. The van der Waals surface area contributed by atoms with E-state index in [0.717, 1.165) is 12.1 Å². The van der Waals surface area contributed by atoms with Crippen molar-refractivity contribution in [2.75, 3.05) is 5.32 Å². The van der Waals surface area contributed by atoms with Crippen molar-refractivity contribution in [2.45, 2.75) is 13.0 Å². The second kappa shape index (κ2) is 4.05. The quantitative estimate of drug-likeness (QED) is 0.570. The van der Waals surface area contributed by atoms with E-state index in [4.69, 9.17) is 6.42 Å². The fourth-order valence-corrected chi connectivity index (χ4v) is 0.912. The molecule has 0 radical (unpaired) electrons. The van der Waals surface area contributed by atoms with Crippen LogP contribution in [0.1, 0.15) is 6.92 Å². The molecule has 1 nitrogen and oxygen atoms in total. The summed E-state index contributed by atoms with van der Waals surface area (Å²) in [6.07, 6.45) is 5.04. The Bertz CT molecular complexity index is 382. The molecule has 0 aliphatic carbocycles. The Morgan fingerprint density at radius 2 is 1.93 bits per heavy atom. The zero-order valence-corrected chi connectivity index (χ0v) is 7.44. The average molecular weight is 199 g/mol. The number of halogens is 3. The third-order valence-electron chi connectivity index (χ3n) is 1.66. The van der Waals surface area contributed by atoms with Gasteiger partial charge in [-0.1, -0.05) is 5.92 Å². The molecule has 0 heterocycles. The predicted octanol–water partition coefficient (Wildman–Crippen LogP) is 2.54. The lowest BCUT2D eigenvalue weighted by molar-refractivity contribution is 0.449. The maximum Gasteiger partial charge on any atom is 0.196 e. The number of hydrogen-bond acceptors (Lipinski definition) is 1. The molecule has 0 amide bonds. The van der Waals surface area contributed by atoms with Crippen LogP contribution in [0.2, 0.25) is 0 Å². The summed E-state index contributed by atoms with van der Waals surface area (Å²) >= 11 is 0. The van der Waals surface area contributed by atoms with Gasteiger partial charge in [-0.25, -0.2) is 13.2 Å². The minimum atomic E-state index is -1.50. The Balaban J connectivity index is 3.01. The highest BCUT2D eigenvalue weighted by atomic mass is 19.2. The van der Waals surface area contributed by atoms with Gasteiger partial charge in [0.25, 0.3) is 0 Å². The molecule has 74 valence electrons. The predicted molar refractivity (Wildman–Crippen MR) is 48.2 cm³/mol. The molecule has 0 bridgehead atoms. The van der Waals surface area contributed by atoms with Gasteiger partial charge in [0.1, 0.15) is 0 Å². The van der Waals surface area contributed by atoms with E-state index in [-0.39, 0.29) is 5.69 Å². The molecule has 0 aromatic heterocycles. The minimum Gasteiger partial charge on any atom is -0.369 e. The standard InChI is InChI=1S/C10H8F3N/c1-3-6(2)14-8-5-4-7(11)9(12)10(8)13/h1,4-6,14H,2H3. The van der Waals surface area contributed by atoms with Crippen LogP contribution in [0.5, 0.6) is 0 Å². The third kappa shape index (κ3) is 1.99. The summed E-state index contributed by atoms with van der Waals surface area (Å²) in [7, 11) is 0. The molecule has 1 atom stereocenters. The zero-order valence-electron chi connectivity index (χ0n) is 7.44. The van der Waals surface area contributed by atoms with Crippen molar-refractivity contribution in [2.24, 2.45) is 0 Å². The fraction of sp³-hybridized carbons (Fsp3) is 0.200. The summed E-state index contributed by atoms with van der Waals surface area (Å²) < 4.78 is 38.2. The molecular weight excluding hydrogens is 191 g/mol. The molecule has 1 N–H and O–H groups in total. The summed E-state index contributed by atoms with van der Waals surface area (Å²) in [6, 6.07) is 1.49. The van der Waals surface area contributed by atoms with E-state index in [9.17, 15) is 13.2 Å². The molecular formula is C10H8F3N. The van der Waals surface area contributed by atoms with Crippen molar-refractivity contribution >= 4 is 5.69 Å². The zero-order chi connectivity index (χ0) is 10.7. The van der Waals surface area contributed by atoms with Gasteiger partial charge in [0.2, 0.25) is 0 Å². The van der Waals surface area contributed by atoms with Gasteiger partial charge in [-0.05, 0) is 19.1 Å². The van der Waals surface area contributed by atoms with Crippen molar-refractivity contribution in [1.82, 2.24) is 0 Å². The van der Waals surface area contributed by atoms with Crippen LogP contribution in [-0.4, -0.2) is 6.04 Å². The monoisotopic (exact) mass is 199 g/mol. The van der Waals surface area contributed by atoms with E-state index in [1.807, 2.05) is 0 Å². The Labute approximate surface area is 79.9 Å². The van der Waals surface area contributed by atoms with Crippen molar-refractivity contribution in [3.63, 3.8) is 0 Å². The van der Waals surface area contributed by atoms with Gasteiger partial charge in [-0.15, -0.1) is 6.42 Å². The first-order chi connectivity index (χ1) is 6.56. The Morgan fingerprint density at radius 3 is 2.50 bits per heavy atom. The first-order valence-electron chi connectivity index (χ1n) is 3.92. The molecule has 1 aromatic rings. The highest BCUT2D eigenvalue weighted by Crippen LogP contribution is 2.19. The average Bonchev–Trinajstić information content (AvgIpc) is 2.19. The second-order valence-electron chi connectivity index (χ2n) is 2.76. The molecule has 1 aromatic carbocycles. The normalized spacial score (nSPS) is 11.9. The van der Waals surface area contributed by atoms with Crippen LogP contribution in [0.25, 0.3) is 0 Å². The van der Waals surface area contributed by atoms with E-state index >= 15 is 0 Å². The smallest absolute Gasteiger partial charge is 0.196 e. The van der Waals surface area contributed by atoms with Gasteiger partial charge in [0.05, 0.1) is 11.7 Å². The molecule has 0 saturated carbocycles. The number of anilines is 1. The Morgan fingerprint density at radius 1 is 1.29 bits per heavy atom. The molecule has 0 spiro atoms. The number of hydrogen-bond donors (Lipinski definition) is 1. The van der Waals surface area contributed by atoms with E-state index in [0.29, 0.717) is 0 Å². The van der Waals surface area contributed by atoms with Gasteiger partial charge in [0.15, 0.2) is 17.5 Å². The van der Waals surface area contributed by atoms with Gasteiger partial charge in [0, 0.05) is 0 Å². The van der Waals surface area contributed by atoms with Crippen LogP contribution in [0.4, 0.5) is 18.9 Å². The summed E-state index contributed by atoms with van der Waals surface area (Å²) in [6.45, 7) is 1.60. The summed E-state index contributed by atoms with van der Waals surface area (Å²) in [4.78, 5) is 0. The van der Waals surface area contributed by atoms with Gasteiger partial charge in [-0.2, -0.15) is 0 Å². The maximum absolute atomic E-state index is 13.0. The SMILES string of the molecule is C#CC(C)Nc1ccc(F)c(F)c1F. The number of terminal acetylenes is 1. The molecule has 0 aliphatic rings. The molecule has 0 saturated heterocycles. The topological polar surface area (TPSA) is 12.0 Å². The van der Waals surface area contributed by atoms with Crippen LogP contribution in [-0.2, 0) is 0 Å². The second-order valence-corrected chi connectivity index (χ2v) is 2.76. The first kappa shape index (κ1) is 10.5. The highest BCUT2D eigenvalue weighted by molar-refractivity contribution is 5.47. The van der Waals surface area contributed by atoms with Gasteiger partial charge < -0.3 is 5.32 Å². The molecule has 1 rings (SSSR count). The van der Waals surface area contributed by atoms with Crippen molar-refractivity contribution in [1.29, 1.82) is 0 Å². The van der Waals surface area contributed by atoms with E-state index < -0.39 is 23.5 Å². The number of rotatable bonds is 2. The molecule has 0 aliphatic heterocycles. The lowest BCUT2D eigenvalue weighted by Crippen LogP contribution is -2.14. The maximum atomic E-state index is 13.0. The van der Waals surface area contributed by atoms with Gasteiger partial charge in [-0.3, -0.25) is 0 Å². The Hall–Kier alpha value is -1.63. The Kier molecular flexibility index (Phi) is 3.03. The lowest BCUT2D eigenvalue weighted by Gasteiger charge is -2.10. The molecule has 0 fully saturated rings. The van der Waals surface area contributed by atoms with Crippen LogP contribution in [0.15, 0.2) is 12.1 Å². The van der Waals surface area contributed by atoms with Crippen LogP contribution >= 0.6 is 0 Å². The summed E-state index contributed by atoms with van der Waals surface area (Å²) in [5.74, 6) is -1.70. The minimum absolute atomic E-state index is 0.144. The van der Waals surface area contributed by atoms with Crippen LogP contribution in [0, 0.1) is 29.8 Å². The van der Waals surface area contributed by atoms with E-state index in [2.05, 4.69) is 11.2 Å². The number of nitrogens with one attached hydrogen (secondary N) is 1. The van der Waals surface area contributed by atoms with Crippen LogP contribution in [0.3, 0.4) is 0 Å². The lowest BCUT2D eigenvalue weighted by atomic mass is 10.2. The van der Waals surface area contributed by atoms with Crippen molar-refractivity contribution in [3.8, 4) is 12.3 Å². The fourth-order valence-electron chi connectivity index (χ4n) is 0.912. The van der Waals surface area contributed by atoms with E-state index in [1.165, 1.54) is 0 Å². The van der Waals surface area contributed by atoms with Crippen LogP contribution < -0.4 is 5.32 Å². The largest absolute Gasteiger partial charge is 0.369 e. The summed E-state index contributed by atoms with van der Waals surface area (Å²) in [5, 5.41) is 2.51. The van der Waals surface area contributed by atoms with E-state index in [1.54, 1.807) is 6.92 Å². The summed E-state index contributed by atoms with van der Waals surface area (Å²) in [5.41, 5.74) is -0.144. The van der Waals surface area contributed by atoms with Gasteiger partial charge >= 0.3 is 0 Å². The molecule has 4 heteroatoms.